The zero-order chi connectivity index (χ0) is 10.7. The summed E-state index contributed by atoms with van der Waals surface area (Å²) in [6, 6.07) is 7.81. The van der Waals surface area contributed by atoms with Gasteiger partial charge in [0.1, 0.15) is 0 Å². The van der Waals surface area contributed by atoms with Crippen molar-refractivity contribution < 1.29 is 4.79 Å². The van der Waals surface area contributed by atoms with Crippen molar-refractivity contribution in [1.82, 2.24) is 4.98 Å². The minimum absolute atomic E-state index is 0.0379. The van der Waals surface area contributed by atoms with Crippen LogP contribution in [0.4, 0.5) is 5.13 Å². The van der Waals surface area contributed by atoms with E-state index in [-0.39, 0.29) is 5.91 Å². The lowest BCUT2D eigenvalue weighted by molar-refractivity contribution is -0.115. The van der Waals surface area contributed by atoms with Crippen LogP contribution in [0.5, 0.6) is 0 Å². The lowest BCUT2D eigenvalue weighted by atomic mass is 10.3. The fourth-order valence-electron chi connectivity index (χ4n) is 1.21. The number of amides is 1. The van der Waals surface area contributed by atoms with E-state index >= 15 is 0 Å². The third-order valence-electron chi connectivity index (χ3n) is 1.88. The van der Waals surface area contributed by atoms with Crippen molar-refractivity contribution in [3.8, 4) is 0 Å². The molecule has 1 aromatic carbocycles. The van der Waals surface area contributed by atoms with Crippen molar-refractivity contribution in [1.29, 1.82) is 0 Å². The average molecular weight is 238 g/mol. The summed E-state index contributed by atoms with van der Waals surface area (Å²) in [6.45, 7) is 0. The molecule has 2 aromatic rings. The highest BCUT2D eigenvalue weighted by atomic mass is 32.1. The molecule has 0 fully saturated rings. The van der Waals surface area contributed by atoms with Crippen molar-refractivity contribution in [3.63, 3.8) is 0 Å². The van der Waals surface area contributed by atoms with Crippen LogP contribution >= 0.6 is 24.0 Å². The molecule has 1 aromatic heterocycles. The molecule has 2 rings (SSSR count). The van der Waals surface area contributed by atoms with Crippen molar-refractivity contribution in [2.45, 2.75) is 6.42 Å². The van der Waals surface area contributed by atoms with Gasteiger partial charge in [-0.05, 0) is 17.9 Å². The maximum atomic E-state index is 11.3. The zero-order valence-electron chi connectivity index (χ0n) is 7.93. The van der Waals surface area contributed by atoms with Gasteiger partial charge in [-0.1, -0.05) is 23.5 Å². The molecule has 78 valence electrons. The number of carbonyl (C=O) groups excluding carboxylic acids is 1. The number of anilines is 1. The zero-order valence-corrected chi connectivity index (χ0v) is 9.65. The number of hydrogen-bond donors (Lipinski definition) is 2. The molecule has 5 heteroatoms. The van der Waals surface area contributed by atoms with Crippen LogP contribution in [0.3, 0.4) is 0 Å². The number of fused-ring (bicyclic) bond motifs is 1. The van der Waals surface area contributed by atoms with Crippen LogP contribution < -0.4 is 5.32 Å². The molecule has 0 aliphatic rings. The second-order valence-corrected chi connectivity index (χ2v) is 4.49. The van der Waals surface area contributed by atoms with Gasteiger partial charge in [0, 0.05) is 6.42 Å². The van der Waals surface area contributed by atoms with Crippen LogP contribution in [0, 0.1) is 0 Å². The fourth-order valence-corrected chi connectivity index (χ4v) is 2.29. The summed E-state index contributed by atoms with van der Waals surface area (Å²) in [7, 11) is 0. The molecule has 3 nitrogen and oxygen atoms in total. The SMILES string of the molecule is O=C(CCS)Nc1nc2ccccc2s1. The predicted molar refractivity (Wildman–Crippen MR) is 66.7 cm³/mol. The summed E-state index contributed by atoms with van der Waals surface area (Å²) in [4.78, 5) is 15.6. The topological polar surface area (TPSA) is 42.0 Å². The first-order valence-corrected chi connectivity index (χ1v) is 6.01. The molecule has 0 aliphatic heterocycles. The number of benzene rings is 1. The van der Waals surface area contributed by atoms with Crippen LogP contribution in [0.25, 0.3) is 10.2 Å². The van der Waals surface area contributed by atoms with Crippen LogP contribution in [0.2, 0.25) is 0 Å². The molecule has 1 heterocycles. The van der Waals surface area contributed by atoms with Crippen molar-refractivity contribution in [2.75, 3.05) is 11.1 Å². The van der Waals surface area contributed by atoms with Gasteiger partial charge < -0.3 is 5.32 Å². The number of carbonyl (C=O) groups is 1. The van der Waals surface area contributed by atoms with E-state index in [1.165, 1.54) is 11.3 Å². The third kappa shape index (κ3) is 2.49. The Bertz CT molecular complexity index is 448. The standard InChI is InChI=1S/C10H10N2OS2/c13-9(5-6-14)12-10-11-7-3-1-2-4-8(7)15-10/h1-4,14H,5-6H2,(H,11,12,13). The molecule has 1 N–H and O–H groups in total. The largest absolute Gasteiger partial charge is 0.302 e. The van der Waals surface area contributed by atoms with E-state index in [0.717, 1.165) is 10.2 Å². The first kappa shape index (κ1) is 10.4. The summed E-state index contributed by atoms with van der Waals surface area (Å²) in [5.74, 6) is 0.514. The summed E-state index contributed by atoms with van der Waals surface area (Å²) in [5, 5.41) is 3.41. The molecule has 0 aliphatic carbocycles. The summed E-state index contributed by atoms with van der Waals surface area (Å²) in [6.07, 6.45) is 0.416. The second kappa shape index (κ2) is 4.63. The summed E-state index contributed by atoms with van der Waals surface area (Å²) >= 11 is 5.48. The number of nitrogens with one attached hydrogen (secondary N) is 1. The van der Waals surface area contributed by atoms with E-state index < -0.39 is 0 Å². The summed E-state index contributed by atoms with van der Waals surface area (Å²) in [5.41, 5.74) is 0.920. The Kier molecular flexibility index (Phi) is 3.23. The van der Waals surface area contributed by atoms with Gasteiger partial charge >= 0.3 is 0 Å². The molecule has 0 bridgehead atoms. The van der Waals surface area contributed by atoms with Crippen LogP contribution in [0.15, 0.2) is 24.3 Å². The first-order valence-electron chi connectivity index (χ1n) is 4.56. The highest BCUT2D eigenvalue weighted by molar-refractivity contribution is 7.80. The molecular formula is C10H10N2OS2. The van der Waals surface area contributed by atoms with Gasteiger partial charge in [-0.25, -0.2) is 4.98 Å². The number of para-hydroxylation sites is 1. The van der Waals surface area contributed by atoms with Crippen molar-refractivity contribution in [2.24, 2.45) is 0 Å². The second-order valence-electron chi connectivity index (χ2n) is 3.01. The molecule has 15 heavy (non-hydrogen) atoms. The third-order valence-corrected chi connectivity index (χ3v) is 3.05. The number of aromatic nitrogens is 1. The highest BCUT2D eigenvalue weighted by Gasteiger charge is 2.05. The fraction of sp³-hybridized carbons (Fsp3) is 0.200. The van der Waals surface area contributed by atoms with E-state index in [0.29, 0.717) is 17.3 Å². The van der Waals surface area contributed by atoms with Gasteiger partial charge in [0.05, 0.1) is 10.2 Å². The Morgan fingerprint density at radius 3 is 3.00 bits per heavy atom. The molecule has 0 unspecified atom stereocenters. The summed E-state index contributed by atoms with van der Waals surface area (Å²) < 4.78 is 1.08. The normalized spacial score (nSPS) is 10.5. The molecule has 0 radical (unpaired) electrons. The molecule has 0 atom stereocenters. The van der Waals surface area contributed by atoms with E-state index in [4.69, 9.17) is 0 Å². The average Bonchev–Trinajstić information content (AvgIpc) is 2.59. The van der Waals surface area contributed by atoms with Crippen LogP contribution in [-0.2, 0) is 4.79 Å². The molecule has 0 spiro atoms. The van der Waals surface area contributed by atoms with Gasteiger partial charge in [-0.2, -0.15) is 12.6 Å². The van der Waals surface area contributed by atoms with Gasteiger partial charge in [-0.15, -0.1) is 0 Å². The lowest BCUT2D eigenvalue weighted by Crippen LogP contribution is -2.11. The minimum atomic E-state index is -0.0379. The van der Waals surface area contributed by atoms with Gasteiger partial charge in [0.2, 0.25) is 5.91 Å². The van der Waals surface area contributed by atoms with Gasteiger partial charge in [-0.3, -0.25) is 4.79 Å². The quantitative estimate of drug-likeness (QED) is 0.807. The molecular weight excluding hydrogens is 228 g/mol. The molecule has 0 saturated carbocycles. The van der Waals surface area contributed by atoms with E-state index in [9.17, 15) is 4.79 Å². The Labute approximate surface area is 96.9 Å². The van der Waals surface area contributed by atoms with Crippen molar-refractivity contribution in [3.05, 3.63) is 24.3 Å². The molecule has 1 amide bonds. The number of hydrogen-bond acceptors (Lipinski definition) is 4. The van der Waals surface area contributed by atoms with Gasteiger partial charge in [0.25, 0.3) is 0 Å². The van der Waals surface area contributed by atoms with Crippen LogP contribution in [-0.4, -0.2) is 16.6 Å². The van der Waals surface area contributed by atoms with E-state index in [2.05, 4.69) is 22.9 Å². The van der Waals surface area contributed by atoms with E-state index in [1.54, 1.807) is 0 Å². The lowest BCUT2D eigenvalue weighted by Gasteiger charge is -1.97. The molecule has 0 saturated heterocycles. The van der Waals surface area contributed by atoms with Crippen molar-refractivity contribution >= 4 is 45.2 Å². The Morgan fingerprint density at radius 2 is 2.27 bits per heavy atom. The first-order chi connectivity index (χ1) is 7.29. The Hall–Kier alpha value is -1.07. The smallest absolute Gasteiger partial charge is 0.226 e. The monoisotopic (exact) mass is 238 g/mol. The van der Waals surface area contributed by atoms with Crippen LogP contribution in [0.1, 0.15) is 6.42 Å². The Balaban J connectivity index is 2.18. The number of nitrogens with zero attached hydrogens (tertiary/aromatic N) is 1. The highest BCUT2D eigenvalue weighted by Crippen LogP contribution is 2.25. The number of thiazole rings is 1. The van der Waals surface area contributed by atoms with Gasteiger partial charge in [0.15, 0.2) is 5.13 Å². The minimum Gasteiger partial charge on any atom is -0.302 e. The Morgan fingerprint density at radius 1 is 1.47 bits per heavy atom. The number of rotatable bonds is 3. The maximum absolute atomic E-state index is 11.3. The van der Waals surface area contributed by atoms with E-state index in [1.807, 2.05) is 24.3 Å². The number of thiol groups is 1. The maximum Gasteiger partial charge on any atom is 0.226 e. The predicted octanol–water partition coefficient (Wildman–Crippen LogP) is 2.55.